The normalized spacial score (nSPS) is 10.9. The number of amides is 1. The molecule has 0 bridgehead atoms. The standard InChI is InChI=1S/C21H17Cl2N5O2S/c1-27(10-13-5-3-2-4-6-13)21-26-19-18(31-21)20(30)28(12-24-19)11-17(29)25-16-8-14(22)7-15(23)9-16/h2-9,12H,10-11H2,1H3,(H,25,29). The Morgan fingerprint density at radius 3 is 2.58 bits per heavy atom. The van der Waals surface area contributed by atoms with Crippen LogP contribution in [0.2, 0.25) is 10.0 Å². The fourth-order valence-electron chi connectivity index (χ4n) is 3.02. The molecule has 0 atom stereocenters. The van der Waals surface area contributed by atoms with Gasteiger partial charge >= 0.3 is 0 Å². The average molecular weight is 474 g/mol. The van der Waals surface area contributed by atoms with Crippen LogP contribution in [0.3, 0.4) is 0 Å². The van der Waals surface area contributed by atoms with Gasteiger partial charge in [-0.1, -0.05) is 64.9 Å². The summed E-state index contributed by atoms with van der Waals surface area (Å²) >= 11 is 13.2. The van der Waals surface area contributed by atoms with Crippen molar-refractivity contribution in [1.82, 2.24) is 14.5 Å². The summed E-state index contributed by atoms with van der Waals surface area (Å²) in [5, 5.41) is 4.17. The first-order chi connectivity index (χ1) is 14.9. The largest absolute Gasteiger partial charge is 0.347 e. The van der Waals surface area contributed by atoms with Gasteiger partial charge < -0.3 is 10.2 Å². The molecule has 0 spiro atoms. The summed E-state index contributed by atoms with van der Waals surface area (Å²) in [5.41, 5.74) is 1.63. The summed E-state index contributed by atoms with van der Waals surface area (Å²) < 4.78 is 1.65. The zero-order chi connectivity index (χ0) is 22.0. The number of fused-ring (bicyclic) bond motifs is 1. The van der Waals surface area contributed by atoms with Crippen LogP contribution in [0, 0.1) is 0 Å². The molecule has 0 fully saturated rings. The van der Waals surface area contributed by atoms with Crippen molar-refractivity contribution in [2.75, 3.05) is 17.3 Å². The molecule has 10 heteroatoms. The van der Waals surface area contributed by atoms with Crippen molar-refractivity contribution in [3.8, 4) is 0 Å². The number of hydrogen-bond acceptors (Lipinski definition) is 6. The van der Waals surface area contributed by atoms with Gasteiger partial charge in [0.05, 0.1) is 0 Å². The third-order valence-corrected chi connectivity index (χ3v) is 6.01. The van der Waals surface area contributed by atoms with E-state index in [0.29, 0.717) is 37.8 Å². The Morgan fingerprint density at radius 2 is 1.87 bits per heavy atom. The second-order valence-corrected chi connectivity index (χ2v) is 8.73. The highest BCUT2D eigenvalue weighted by Gasteiger charge is 2.15. The molecule has 4 rings (SSSR count). The van der Waals surface area contributed by atoms with Crippen molar-refractivity contribution in [3.63, 3.8) is 0 Å². The van der Waals surface area contributed by atoms with Gasteiger partial charge in [0.25, 0.3) is 5.56 Å². The number of nitrogens with zero attached hydrogens (tertiary/aromatic N) is 4. The fourth-order valence-corrected chi connectivity index (χ4v) is 4.47. The first-order valence-electron chi connectivity index (χ1n) is 9.26. The van der Waals surface area contributed by atoms with Gasteiger partial charge in [-0.25, -0.2) is 4.98 Å². The summed E-state index contributed by atoms with van der Waals surface area (Å²) in [6, 6.07) is 14.7. The van der Waals surface area contributed by atoms with Crippen molar-refractivity contribution < 1.29 is 4.79 Å². The van der Waals surface area contributed by atoms with E-state index >= 15 is 0 Å². The summed E-state index contributed by atoms with van der Waals surface area (Å²) in [6.45, 7) is 0.457. The molecule has 0 radical (unpaired) electrons. The molecule has 1 amide bonds. The number of halogens is 2. The van der Waals surface area contributed by atoms with Crippen LogP contribution >= 0.6 is 34.5 Å². The van der Waals surface area contributed by atoms with Crippen LogP contribution in [0.5, 0.6) is 0 Å². The predicted octanol–water partition coefficient (Wildman–Crippen LogP) is 4.43. The van der Waals surface area contributed by atoms with Crippen molar-refractivity contribution in [2.24, 2.45) is 0 Å². The molecule has 0 saturated heterocycles. The Morgan fingerprint density at radius 1 is 1.16 bits per heavy atom. The monoisotopic (exact) mass is 473 g/mol. The van der Waals surface area contributed by atoms with Gasteiger partial charge in [-0.05, 0) is 23.8 Å². The van der Waals surface area contributed by atoms with E-state index in [0.717, 1.165) is 5.56 Å². The second kappa shape index (κ2) is 9.05. The highest BCUT2D eigenvalue weighted by atomic mass is 35.5. The van der Waals surface area contributed by atoms with Crippen LogP contribution in [0.25, 0.3) is 10.3 Å². The van der Waals surface area contributed by atoms with Gasteiger partial charge in [-0.15, -0.1) is 0 Å². The number of hydrogen-bond donors (Lipinski definition) is 1. The van der Waals surface area contributed by atoms with Crippen molar-refractivity contribution in [3.05, 3.63) is 80.8 Å². The van der Waals surface area contributed by atoms with Gasteiger partial charge in [0, 0.05) is 29.3 Å². The third kappa shape index (κ3) is 5.04. The molecule has 1 N–H and O–H groups in total. The van der Waals surface area contributed by atoms with Crippen molar-refractivity contribution in [2.45, 2.75) is 13.1 Å². The van der Waals surface area contributed by atoms with Gasteiger partial charge in [-0.2, -0.15) is 4.98 Å². The minimum absolute atomic E-state index is 0.195. The lowest BCUT2D eigenvalue weighted by Gasteiger charge is -2.15. The maximum atomic E-state index is 12.9. The van der Waals surface area contributed by atoms with Gasteiger partial charge in [0.15, 0.2) is 10.8 Å². The fraction of sp³-hybridized carbons (Fsp3) is 0.143. The van der Waals surface area contributed by atoms with Crippen LogP contribution in [0.1, 0.15) is 5.56 Å². The van der Waals surface area contributed by atoms with E-state index in [1.54, 1.807) is 18.2 Å². The lowest BCUT2D eigenvalue weighted by atomic mass is 10.2. The van der Waals surface area contributed by atoms with Gasteiger partial charge in [0.1, 0.15) is 17.6 Å². The number of aromatic nitrogens is 3. The van der Waals surface area contributed by atoms with Crippen molar-refractivity contribution in [1.29, 1.82) is 0 Å². The number of rotatable bonds is 6. The van der Waals surface area contributed by atoms with E-state index in [4.69, 9.17) is 23.2 Å². The van der Waals surface area contributed by atoms with Crippen molar-refractivity contribution >= 4 is 61.6 Å². The molecule has 0 unspecified atom stereocenters. The number of carbonyl (C=O) groups is 1. The molecule has 158 valence electrons. The van der Waals surface area contributed by atoms with E-state index < -0.39 is 5.91 Å². The maximum absolute atomic E-state index is 12.9. The molecule has 4 aromatic rings. The number of benzene rings is 2. The third-order valence-electron chi connectivity index (χ3n) is 4.42. The van der Waals surface area contributed by atoms with E-state index in [9.17, 15) is 9.59 Å². The van der Waals surface area contributed by atoms with E-state index in [-0.39, 0.29) is 12.1 Å². The van der Waals surface area contributed by atoms with E-state index in [1.807, 2.05) is 42.3 Å². The van der Waals surface area contributed by atoms with Crippen LogP contribution in [0.15, 0.2) is 59.7 Å². The molecule has 2 aromatic carbocycles. The van der Waals surface area contributed by atoms with Crippen LogP contribution in [-0.2, 0) is 17.9 Å². The second-order valence-electron chi connectivity index (χ2n) is 6.87. The highest BCUT2D eigenvalue weighted by Crippen LogP contribution is 2.26. The molecular weight excluding hydrogens is 457 g/mol. The Labute approximate surface area is 191 Å². The molecule has 7 nitrogen and oxygen atoms in total. The Bertz CT molecular complexity index is 1290. The first-order valence-corrected chi connectivity index (χ1v) is 10.8. The van der Waals surface area contributed by atoms with Gasteiger partial charge in [0.2, 0.25) is 5.91 Å². The number of carbonyl (C=O) groups excluding carboxylic acids is 1. The molecule has 0 saturated carbocycles. The zero-order valence-corrected chi connectivity index (χ0v) is 18.7. The molecule has 2 heterocycles. The van der Waals surface area contributed by atoms with Crippen LogP contribution < -0.4 is 15.8 Å². The van der Waals surface area contributed by atoms with Crippen LogP contribution in [-0.4, -0.2) is 27.5 Å². The van der Waals surface area contributed by atoms with Crippen LogP contribution in [0.4, 0.5) is 10.8 Å². The highest BCUT2D eigenvalue weighted by molar-refractivity contribution is 7.22. The van der Waals surface area contributed by atoms with E-state index in [1.165, 1.54) is 22.2 Å². The van der Waals surface area contributed by atoms with E-state index in [2.05, 4.69) is 15.3 Å². The number of anilines is 2. The van der Waals surface area contributed by atoms with Gasteiger partial charge in [-0.3, -0.25) is 14.2 Å². The summed E-state index contributed by atoms with van der Waals surface area (Å²) in [4.78, 5) is 36.0. The Kier molecular flexibility index (Phi) is 6.22. The number of nitrogens with one attached hydrogen (secondary N) is 1. The summed E-state index contributed by atoms with van der Waals surface area (Å²) in [5.74, 6) is -0.396. The molecule has 0 aliphatic heterocycles. The predicted molar refractivity (Wildman–Crippen MR) is 125 cm³/mol. The minimum Gasteiger partial charge on any atom is -0.347 e. The molecule has 31 heavy (non-hydrogen) atoms. The maximum Gasteiger partial charge on any atom is 0.273 e. The topological polar surface area (TPSA) is 80.1 Å². The minimum atomic E-state index is -0.396. The Hall–Kier alpha value is -2.94. The molecular formula is C21H17Cl2N5O2S. The molecule has 2 aromatic heterocycles. The Balaban J connectivity index is 1.52. The lowest BCUT2D eigenvalue weighted by molar-refractivity contribution is -0.116. The zero-order valence-electron chi connectivity index (χ0n) is 16.4. The average Bonchev–Trinajstić information content (AvgIpc) is 3.15. The summed E-state index contributed by atoms with van der Waals surface area (Å²) in [7, 11) is 1.91. The SMILES string of the molecule is CN(Cc1ccccc1)c1nc2ncn(CC(=O)Nc3cc(Cl)cc(Cl)c3)c(=O)c2s1. The lowest BCUT2D eigenvalue weighted by Crippen LogP contribution is -2.27. The summed E-state index contributed by atoms with van der Waals surface area (Å²) in [6.07, 6.45) is 1.33. The smallest absolute Gasteiger partial charge is 0.273 e. The molecule has 0 aliphatic rings. The first kappa shape index (κ1) is 21.3. The molecule has 0 aliphatic carbocycles. The quantitative estimate of drug-likeness (QED) is 0.447. The number of thiazole rings is 1.